The molecule has 1 unspecified atom stereocenters. The van der Waals surface area contributed by atoms with Crippen molar-refractivity contribution in [3.8, 4) is 0 Å². The lowest BCUT2D eigenvalue weighted by molar-refractivity contribution is 0.134. The fourth-order valence-electron chi connectivity index (χ4n) is 1.87. The number of thiophene rings is 1. The van der Waals surface area contributed by atoms with Crippen LogP contribution in [0.4, 0.5) is 5.69 Å². The lowest BCUT2D eigenvalue weighted by Crippen LogP contribution is -2.08. The van der Waals surface area contributed by atoms with Gasteiger partial charge in [-0.3, -0.25) is 0 Å². The van der Waals surface area contributed by atoms with Gasteiger partial charge < -0.3 is 10.1 Å². The summed E-state index contributed by atoms with van der Waals surface area (Å²) >= 11 is 7.54. The highest BCUT2D eigenvalue weighted by Crippen LogP contribution is 2.28. The molecule has 2 rings (SSSR count). The topological polar surface area (TPSA) is 21.3 Å². The fourth-order valence-corrected chi connectivity index (χ4v) is 2.85. The van der Waals surface area contributed by atoms with E-state index in [2.05, 4.69) is 29.8 Å². The van der Waals surface area contributed by atoms with E-state index in [4.69, 9.17) is 16.3 Å². The summed E-state index contributed by atoms with van der Waals surface area (Å²) in [6.45, 7) is 5.50. The maximum Gasteiger partial charge on any atom is 0.0931 e. The van der Waals surface area contributed by atoms with Crippen LogP contribution in [0, 0.1) is 0 Å². The molecule has 1 aromatic carbocycles. The largest absolute Gasteiger partial charge is 0.378 e. The van der Waals surface area contributed by atoms with Crippen LogP contribution in [-0.4, -0.2) is 6.61 Å². The second-order valence-corrected chi connectivity index (χ2v) is 5.89. The van der Waals surface area contributed by atoms with Crippen molar-refractivity contribution in [3.05, 3.63) is 51.2 Å². The van der Waals surface area contributed by atoms with E-state index in [0.717, 1.165) is 16.6 Å². The number of ether oxygens (including phenoxy) is 1. The highest BCUT2D eigenvalue weighted by atomic mass is 35.5. The molecule has 1 N–H and O–H groups in total. The maximum absolute atomic E-state index is 5.98. The lowest BCUT2D eigenvalue weighted by Gasteiger charge is -2.17. The van der Waals surface area contributed by atoms with Crippen molar-refractivity contribution >= 4 is 28.6 Å². The molecule has 4 heteroatoms. The van der Waals surface area contributed by atoms with E-state index in [0.29, 0.717) is 6.61 Å². The van der Waals surface area contributed by atoms with Crippen molar-refractivity contribution in [1.29, 1.82) is 0 Å². The molecule has 1 aromatic heterocycles. The summed E-state index contributed by atoms with van der Waals surface area (Å²) in [5, 5.41) is 5.61. The Balaban J connectivity index is 2.09. The number of anilines is 1. The summed E-state index contributed by atoms with van der Waals surface area (Å²) < 4.78 is 6.32. The third kappa shape index (κ3) is 3.96. The maximum atomic E-state index is 5.98. The lowest BCUT2D eigenvalue weighted by atomic mass is 10.1. The molecular formula is C15H18ClNOS. The van der Waals surface area contributed by atoms with Gasteiger partial charge >= 0.3 is 0 Å². The molecule has 0 fully saturated rings. The van der Waals surface area contributed by atoms with Gasteiger partial charge in [0.25, 0.3) is 0 Å². The van der Waals surface area contributed by atoms with Crippen LogP contribution >= 0.6 is 22.9 Å². The van der Waals surface area contributed by atoms with E-state index in [-0.39, 0.29) is 6.04 Å². The highest BCUT2D eigenvalue weighted by Gasteiger charge is 2.09. The third-order valence-electron chi connectivity index (χ3n) is 2.94. The van der Waals surface area contributed by atoms with Gasteiger partial charge in [-0.2, -0.15) is 0 Å². The van der Waals surface area contributed by atoms with Gasteiger partial charge in [0.15, 0.2) is 0 Å². The average Bonchev–Trinajstić information content (AvgIpc) is 2.84. The van der Waals surface area contributed by atoms with Crippen molar-refractivity contribution in [2.45, 2.75) is 26.5 Å². The Labute approximate surface area is 123 Å². The summed E-state index contributed by atoms with van der Waals surface area (Å²) in [5.74, 6) is 0. The van der Waals surface area contributed by atoms with Crippen molar-refractivity contribution < 1.29 is 4.74 Å². The van der Waals surface area contributed by atoms with Gasteiger partial charge in [-0.1, -0.05) is 29.8 Å². The highest BCUT2D eigenvalue weighted by molar-refractivity contribution is 7.14. The van der Waals surface area contributed by atoms with E-state index in [1.165, 1.54) is 11.1 Å². The minimum Gasteiger partial charge on any atom is -0.378 e. The Bertz CT molecular complexity index is 526. The van der Waals surface area contributed by atoms with Crippen LogP contribution in [0.1, 0.15) is 31.0 Å². The molecule has 0 aliphatic heterocycles. The number of nitrogens with one attached hydrogen (secondary N) is 1. The molecule has 0 spiro atoms. The summed E-state index contributed by atoms with van der Waals surface area (Å²) in [4.78, 5) is 0. The minimum atomic E-state index is 0.228. The van der Waals surface area contributed by atoms with Crippen LogP contribution in [0.2, 0.25) is 4.34 Å². The van der Waals surface area contributed by atoms with Gasteiger partial charge in [-0.15, -0.1) is 11.3 Å². The predicted molar refractivity (Wildman–Crippen MR) is 83.1 cm³/mol. The molecule has 0 radical (unpaired) electrons. The van der Waals surface area contributed by atoms with E-state index < -0.39 is 0 Å². The van der Waals surface area contributed by atoms with E-state index in [9.17, 15) is 0 Å². The second-order valence-electron chi connectivity index (χ2n) is 4.34. The van der Waals surface area contributed by atoms with E-state index in [1.807, 2.05) is 25.1 Å². The first-order chi connectivity index (χ1) is 9.20. The molecule has 0 amide bonds. The number of para-hydroxylation sites is 1. The molecule has 0 bridgehead atoms. The minimum absolute atomic E-state index is 0.228. The molecule has 0 saturated heterocycles. The zero-order valence-electron chi connectivity index (χ0n) is 11.2. The second kappa shape index (κ2) is 6.94. The molecular weight excluding hydrogens is 278 g/mol. The SMILES string of the molecule is CCOCc1ccccc1NC(C)c1csc(Cl)c1. The number of halogens is 1. The first-order valence-corrected chi connectivity index (χ1v) is 7.62. The van der Waals surface area contributed by atoms with Gasteiger partial charge in [0, 0.05) is 23.9 Å². The van der Waals surface area contributed by atoms with Crippen LogP contribution in [0.3, 0.4) is 0 Å². The van der Waals surface area contributed by atoms with Crippen molar-refractivity contribution in [1.82, 2.24) is 0 Å². The Kier molecular flexibility index (Phi) is 5.25. The van der Waals surface area contributed by atoms with Crippen LogP contribution < -0.4 is 5.32 Å². The standard InChI is InChI=1S/C15H18ClNOS/c1-3-18-9-12-6-4-5-7-14(12)17-11(2)13-8-15(16)19-10-13/h4-8,10-11,17H,3,9H2,1-2H3. The number of hydrogen-bond donors (Lipinski definition) is 1. The first kappa shape index (κ1) is 14.4. The van der Waals surface area contributed by atoms with Gasteiger partial charge in [0.2, 0.25) is 0 Å². The fraction of sp³-hybridized carbons (Fsp3) is 0.333. The Morgan fingerprint density at radius 3 is 2.84 bits per heavy atom. The van der Waals surface area contributed by atoms with E-state index >= 15 is 0 Å². The number of rotatable bonds is 6. The molecule has 2 nitrogen and oxygen atoms in total. The quantitative estimate of drug-likeness (QED) is 0.799. The predicted octanol–water partition coefficient (Wildman–Crippen LogP) is 5.11. The molecule has 102 valence electrons. The van der Waals surface area contributed by atoms with Crippen LogP contribution in [0.15, 0.2) is 35.7 Å². The molecule has 2 aromatic rings. The van der Waals surface area contributed by atoms with Gasteiger partial charge in [-0.25, -0.2) is 0 Å². The third-order valence-corrected chi connectivity index (χ3v) is 4.05. The van der Waals surface area contributed by atoms with E-state index in [1.54, 1.807) is 11.3 Å². The average molecular weight is 296 g/mol. The number of benzene rings is 1. The van der Waals surface area contributed by atoms with Gasteiger partial charge in [-0.05, 0) is 36.9 Å². The molecule has 0 saturated carbocycles. The Morgan fingerprint density at radius 2 is 2.16 bits per heavy atom. The summed E-state index contributed by atoms with van der Waals surface area (Å²) in [6.07, 6.45) is 0. The Morgan fingerprint density at radius 1 is 1.37 bits per heavy atom. The zero-order chi connectivity index (χ0) is 13.7. The summed E-state index contributed by atoms with van der Waals surface area (Å²) in [5.41, 5.74) is 3.50. The zero-order valence-corrected chi connectivity index (χ0v) is 12.7. The molecule has 1 atom stereocenters. The molecule has 1 heterocycles. The van der Waals surface area contributed by atoms with Crippen molar-refractivity contribution in [3.63, 3.8) is 0 Å². The molecule has 0 aliphatic carbocycles. The van der Waals surface area contributed by atoms with Crippen LogP contribution in [0.5, 0.6) is 0 Å². The Hall–Kier alpha value is -1.03. The van der Waals surface area contributed by atoms with Crippen LogP contribution in [-0.2, 0) is 11.3 Å². The normalized spacial score (nSPS) is 12.4. The first-order valence-electron chi connectivity index (χ1n) is 6.36. The smallest absolute Gasteiger partial charge is 0.0931 e. The van der Waals surface area contributed by atoms with Crippen LogP contribution in [0.25, 0.3) is 0 Å². The molecule has 19 heavy (non-hydrogen) atoms. The molecule has 0 aliphatic rings. The van der Waals surface area contributed by atoms with Gasteiger partial charge in [0.05, 0.1) is 10.9 Å². The van der Waals surface area contributed by atoms with Crippen molar-refractivity contribution in [2.24, 2.45) is 0 Å². The van der Waals surface area contributed by atoms with Crippen molar-refractivity contribution in [2.75, 3.05) is 11.9 Å². The summed E-state index contributed by atoms with van der Waals surface area (Å²) in [6, 6.07) is 10.5. The number of hydrogen-bond acceptors (Lipinski definition) is 3. The van der Waals surface area contributed by atoms with Gasteiger partial charge in [0.1, 0.15) is 0 Å². The summed E-state index contributed by atoms with van der Waals surface area (Å²) in [7, 11) is 0. The monoisotopic (exact) mass is 295 g/mol.